The summed E-state index contributed by atoms with van der Waals surface area (Å²) in [5.74, 6) is -1.80. The lowest BCUT2D eigenvalue weighted by molar-refractivity contribution is -0.348. The second-order valence-electron chi connectivity index (χ2n) is 11.4. The van der Waals surface area contributed by atoms with Gasteiger partial charge in [-0.2, -0.15) is 26.3 Å². The molecule has 1 fully saturated rings. The molecule has 8 nitrogen and oxygen atoms in total. The lowest BCUT2D eigenvalue weighted by atomic mass is 9.73. The standard InChI is InChI=1S/C26H28F8NO7PS/c1-22(2,42-43(37,38)39)21(36)35-20-11-12-23(44(40,41)17-7-5-16(27)6-8-17)18-10-4-15(13-14(18)3-9-19(20)23)24(28,25(29,30)31)26(32,33)34/h4-8,10,13,19-21,35-36H,3,9,11-12H2,1-2H3,(H2,37,38,39)/t19-,20+,21?,23+/m0/s1. The molecule has 4 rings (SSSR count). The first-order chi connectivity index (χ1) is 19.9. The van der Waals surface area contributed by atoms with Crippen molar-refractivity contribution >= 4 is 17.7 Å². The number of benzene rings is 2. The summed E-state index contributed by atoms with van der Waals surface area (Å²) in [4.78, 5) is 18.0. The maximum absolute atomic E-state index is 14.9. The van der Waals surface area contributed by atoms with Crippen molar-refractivity contribution in [1.29, 1.82) is 0 Å². The van der Waals surface area contributed by atoms with Crippen molar-refractivity contribution in [3.63, 3.8) is 0 Å². The van der Waals surface area contributed by atoms with Gasteiger partial charge in [-0.05, 0) is 80.8 Å². The average Bonchev–Trinajstić information content (AvgIpc) is 3.25. The highest BCUT2D eigenvalue weighted by molar-refractivity contribution is 7.92. The molecular formula is C26H28F8NO7PS. The van der Waals surface area contributed by atoms with Crippen molar-refractivity contribution in [2.24, 2.45) is 5.92 Å². The molecule has 2 aliphatic carbocycles. The Morgan fingerprint density at radius 1 is 0.977 bits per heavy atom. The van der Waals surface area contributed by atoms with Crippen LogP contribution in [0.5, 0.6) is 0 Å². The quantitative estimate of drug-likeness (QED) is 0.128. The summed E-state index contributed by atoms with van der Waals surface area (Å²) in [6.45, 7) is 2.28. The van der Waals surface area contributed by atoms with E-state index in [0.717, 1.165) is 44.2 Å². The van der Waals surface area contributed by atoms with Crippen molar-refractivity contribution < 1.29 is 67.5 Å². The number of aryl methyl sites for hydroxylation is 1. The minimum absolute atomic E-state index is 0.0481. The Hall–Kier alpha value is -2.14. The van der Waals surface area contributed by atoms with Crippen LogP contribution in [0.15, 0.2) is 47.4 Å². The zero-order chi connectivity index (χ0) is 33.3. The van der Waals surface area contributed by atoms with Gasteiger partial charge in [0.15, 0.2) is 9.84 Å². The van der Waals surface area contributed by atoms with Gasteiger partial charge in [0.2, 0.25) is 0 Å². The van der Waals surface area contributed by atoms with Crippen LogP contribution in [0.1, 0.15) is 49.8 Å². The molecule has 2 aromatic rings. The van der Waals surface area contributed by atoms with Gasteiger partial charge in [0, 0.05) is 11.6 Å². The number of nitrogens with one attached hydrogen (secondary N) is 1. The number of aliphatic hydroxyl groups excluding tert-OH is 1. The monoisotopic (exact) mass is 681 g/mol. The van der Waals surface area contributed by atoms with Crippen LogP contribution < -0.4 is 5.32 Å². The molecule has 0 saturated heterocycles. The molecule has 1 unspecified atom stereocenters. The summed E-state index contributed by atoms with van der Waals surface area (Å²) < 4.78 is 152. The first kappa shape index (κ1) is 34.7. The number of rotatable bonds is 8. The molecule has 2 aliphatic rings. The van der Waals surface area contributed by atoms with Crippen molar-refractivity contribution in [1.82, 2.24) is 5.32 Å². The van der Waals surface area contributed by atoms with Crippen molar-refractivity contribution in [3.05, 3.63) is 65.0 Å². The normalized spacial score (nSPS) is 24.1. The fourth-order valence-corrected chi connectivity index (χ4v) is 9.52. The molecular weight excluding hydrogens is 653 g/mol. The summed E-state index contributed by atoms with van der Waals surface area (Å²) in [7, 11) is -9.71. The summed E-state index contributed by atoms with van der Waals surface area (Å²) in [5.41, 5.74) is -9.89. The number of alkyl halides is 7. The molecule has 1 saturated carbocycles. The Morgan fingerprint density at radius 3 is 2.07 bits per heavy atom. The van der Waals surface area contributed by atoms with Crippen LogP contribution in [0, 0.1) is 11.7 Å². The average molecular weight is 682 g/mol. The predicted octanol–water partition coefficient (Wildman–Crippen LogP) is 5.31. The Labute approximate surface area is 246 Å². The van der Waals surface area contributed by atoms with E-state index in [1.165, 1.54) is 0 Å². The molecule has 0 amide bonds. The third-order valence-electron chi connectivity index (χ3n) is 8.36. The fourth-order valence-electron chi connectivity index (χ4n) is 6.34. The molecule has 0 bridgehead atoms. The molecule has 0 spiro atoms. The highest BCUT2D eigenvalue weighted by Crippen LogP contribution is 2.59. The second-order valence-corrected chi connectivity index (χ2v) is 14.8. The molecule has 0 heterocycles. The van der Waals surface area contributed by atoms with E-state index < -0.39 is 80.5 Å². The molecule has 4 atom stereocenters. The lowest BCUT2D eigenvalue weighted by Crippen LogP contribution is -2.55. The maximum Gasteiger partial charge on any atom is 0.470 e. The third-order valence-corrected chi connectivity index (χ3v) is 11.7. The number of hydrogen-bond donors (Lipinski definition) is 4. The van der Waals surface area contributed by atoms with Crippen LogP contribution in [0.2, 0.25) is 0 Å². The van der Waals surface area contributed by atoms with E-state index >= 15 is 0 Å². The summed E-state index contributed by atoms with van der Waals surface area (Å²) >= 11 is 0. The lowest BCUT2D eigenvalue weighted by Gasteiger charge is -2.44. The molecule has 4 N–H and O–H groups in total. The Bertz CT molecular complexity index is 1550. The number of halogens is 8. The summed E-state index contributed by atoms with van der Waals surface area (Å²) in [6, 6.07) is 4.01. The fraction of sp³-hybridized carbons (Fsp3) is 0.538. The molecule has 0 aliphatic heterocycles. The van der Waals surface area contributed by atoms with Gasteiger partial charge in [-0.3, -0.25) is 9.84 Å². The minimum Gasteiger partial charge on any atom is -0.376 e. The number of sulfone groups is 1. The van der Waals surface area contributed by atoms with Crippen LogP contribution in [0.4, 0.5) is 35.1 Å². The van der Waals surface area contributed by atoms with Crippen LogP contribution in [0.25, 0.3) is 0 Å². The Balaban J connectivity index is 1.87. The second kappa shape index (κ2) is 11.0. The van der Waals surface area contributed by atoms with Crippen LogP contribution in [-0.2, 0) is 35.8 Å². The minimum atomic E-state index is -6.39. The van der Waals surface area contributed by atoms with Gasteiger partial charge in [0.25, 0.3) is 0 Å². The van der Waals surface area contributed by atoms with E-state index in [0.29, 0.717) is 6.07 Å². The Morgan fingerprint density at radius 2 is 1.55 bits per heavy atom. The highest BCUT2D eigenvalue weighted by atomic mass is 32.2. The van der Waals surface area contributed by atoms with Crippen molar-refractivity contribution in [3.8, 4) is 0 Å². The number of fused-ring (bicyclic) bond motifs is 3. The highest BCUT2D eigenvalue weighted by Gasteiger charge is 2.73. The van der Waals surface area contributed by atoms with Gasteiger partial charge in [-0.15, -0.1) is 0 Å². The van der Waals surface area contributed by atoms with Gasteiger partial charge < -0.3 is 14.9 Å². The van der Waals surface area contributed by atoms with Gasteiger partial charge in [-0.1, -0.05) is 18.2 Å². The van der Waals surface area contributed by atoms with E-state index in [4.69, 9.17) is 0 Å². The van der Waals surface area contributed by atoms with Gasteiger partial charge >= 0.3 is 25.8 Å². The third kappa shape index (κ3) is 5.69. The van der Waals surface area contributed by atoms with Crippen LogP contribution in [-0.4, -0.2) is 53.5 Å². The van der Waals surface area contributed by atoms with Gasteiger partial charge in [-0.25, -0.2) is 21.8 Å². The molecule has 246 valence electrons. The largest absolute Gasteiger partial charge is 0.470 e. The van der Waals surface area contributed by atoms with E-state index in [2.05, 4.69) is 9.84 Å². The van der Waals surface area contributed by atoms with Gasteiger partial charge in [0.1, 0.15) is 22.4 Å². The summed E-state index contributed by atoms with van der Waals surface area (Å²) in [5, 5.41) is 13.5. The van der Waals surface area contributed by atoms with Crippen molar-refractivity contribution in [2.45, 2.75) is 85.1 Å². The van der Waals surface area contributed by atoms with E-state index in [1.54, 1.807) is 0 Å². The number of phosphoric acid groups is 1. The topological polar surface area (TPSA) is 133 Å². The van der Waals surface area contributed by atoms with Gasteiger partial charge in [0.05, 0.1) is 4.90 Å². The zero-order valence-electron chi connectivity index (χ0n) is 23.0. The molecule has 18 heteroatoms. The summed E-state index contributed by atoms with van der Waals surface area (Å²) in [6.07, 6.45) is -15.4. The smallest absolute Gasteiger partial charge is 0.376 e. The first-order valence-corrected chi connectivity index (χ1v) is 16.1. The van der Waals surface area contributed by atoms with Crippen LogP contribution in [0.3, 0.4) is 0 Å². The SMILES string of the molecule is CC(C)(OP(=O)(O)O)C(O)N[C@@H]1CC[C@@]2(S(=O)(=O)c3ccc(F)cc3)c3ccc(C(F)(C(F)(F)F)C(F)(F)F)cc3CC[C@@H]12. The van der Waals surface area contributed by atoms with E-state index in [9.17, 15) is 63.0 Å². The number of hydrogen-bond acceptors (Lipinski definition) is 6. The van der Waals surface area contributed by atoms with Crippen molar-refractivity contribution in [2.75, 3.05) is 0 Å². The molecule has 0 aromatic heterocycles. The van der Waals surface area contributed by atoms with Crippen LogP contribution >= 0.6 is 7.82 Å². The zero-order valence-corrected chi connectivity index (χ0v) is 24.7. The Kier molecular flexibility index (Phi) is 8.67. The molecule has 2 aromatic carbocycles. The molecule has 44 heavy (non-hydrogen) atoms. The van der Waals surface area contributed by atoms with E-state index in [-0.39, 0.29) is 42.9 Å². The molecule has 0 radical (unpaired) electrons. The van der Waals surface area contributed by atoms with E-state index in [1.807, 2.05) is 0 Å². The first-order valence-electron chi connectivity index (χ1n) is 13.1. The maximum atomic E-state index is 14.9. The number of aliphatic hydroxyl groups is 1. The predicted molar refractivity (Wildman–Crippen MR) is 138 cm³/mol. The number of phosphoric ester groups is 1.